The van der Waals surface area contributed by atoms with Crippen LogP contribution in [-0.2, 0) is 9.47 Å². The van der Waals surface area contributed by atoms with E-state index in [2.05, 4.69) is 26.1 Å². The number of nitrogens with one attached hydrogen (secondary N) is 1. The van der Waals surface area contributed by atoms with Crippen molar-refractivity contribution in [1.29, 1.82) is 0 Å². The molecule has 92 valence electrons. The molecule has 3 nitrogen and oxygen atoms in total. The summed E-state index contributed by atoms with van der Waals surface area (Å²) >= 11 is 0. The molecule has 1 N–H and O–H groups in total. The summed E-state index contributed by atoms with van der Waals surface area (Å²) in [7, 11) is 0. The fraction of sp³-hybridized carbons (Fsp3) is 1.00. The van der Waals surface area contributed by atoms with Gasteiger partial charge in [0.25, 0.3) is 0 Å². The van der Waals surface area contributed by atoms with Crippen LogP contribution in [0.2, 0.25) is 0 Å². The molecule has 0 radical (unpaired) electrons. The number of likely N-dealkylation sites (N-methyl/N-ethyl adjacent to an activating group) is 1. The molecule has 1 atom stereocenters. The maximum atomic E-state index is 5.61. The van der Waals surface area contributed by atoms with E-state index in [4.69, 9.17) is 9.47 Å². The van der Waals surface area contributed by atoms with Gasteiger partial charge in [0.2, 0.25) is 0 Å². The van der Waals surface area contributed by atoms with Crippen LogP contribution in [0.3, 0.4) is 0 Å². The SMILES string of the molecule is CCNC(CC(C)C)C(OCC)OCC. The molecule has 0 spiro atoms. The van der Waals surface area contributed by atoms with Crippen molar-refractivity contribution >= 4 is 0 Å². The normalized spacial score (nSPS) is 13.8. The summed E-state index contributed by atoms with van der Waals surface area (Å²) in [5.74, 6) is 0.650. The van der Waals surface area contributed by atoms with Gasteiger partial charge in [-0.3, -0.25) is 0 Å². The van der Waals surface area contributed by atoms with Crippen LogP contribution in [0.1, 0.15) is 41.0 Å². The first-order valence-corrected chi connectivity index (χ1v) is 6.12. The lowest BCUT2D eigenvalue weighted by Gasteiger charge is -2.28. The first kappa shape index (κ1) is 14.9. The predicted octanol–water partition coefficient (Wildman–Crippen LogP) is 2.41. The zero-order valence-electron chi connectivity index (χ0n) is 10.9. The van der Waals surface area contributed by atoms with E-state index in [1.165, 1.54) is 0 Å². The number of rotatable bonds is 9. The summed E-state index contributed by atoms with van der Waals surface area (Å²) in [6, 6.07) is 0.301. The van der Waals surface area contributed by atoms with Crippen LogP contribution in [0.25, 0.3) is 0 Å². The molecule has 0 aliphatic heterocycles. The molecule has 1 unspecified atom stereocenters. The average molecular weight is 217 g/mol. The Morgan fingerprint density at radius 1 is 1.00 bits per heavy atom. The fourth-order valence-electron chi connectivity index (χ4n) is 1.67. The Kier molecular flexibility index (Phi) is 9.06. The summed E-state index contributed by atoms with van der Waals surface area (Å²) in [5, 5.41) is 3.43. The smallest absolute Gasteiger partial charge is 0.172 e. The second-order valence-electron chi connectivity index (χ2n) is 4.07. The number of hydrogen-bond donors (Lipinski definition) is 1. The molecular weight excluding hydrogens is 190 g/mol. The maximum absolute atomic E-state index is 5.61. The molecule has 0 rings (SSSR count). The van der Waals surface area contributed by atoms with Gasteiger partial charge in [0, 0.05) is 13.2 Å². The Bertz CT molecular complexity index is 134. The number of ether oxygens (including phenoxy) is 2. The standard InChI is InChI=1S/C12H27NO2/c1-6-13-11(9-10(4)5)12(14-7-2)15-8-3/h10-13H,6-9H2,1-5H3. The molecular formula is C12H27NO2. The lowest BCUT2D eigenvalue weighted by Crippen LogP contribution is -2.43. The largest absolute Gasteiger partial charge is 0.351 e. The third-order valence-electron chi connectivity index (χ3n) is 2.18. The second-order valence-corrected chi connectivity index (χ2v) is 4.07. The number of hydrogen-bond acceptors (Lipinski definition) is 3. The Balaban J connectivity index is 4.22. The van der Waals surface area contributed by atoms with Crippen LogP contribution in [-0.4, -0.2) is 32.1 Å². The Labute approximate surface area is 94.5 Å². The molecule has 0 heterocycles. The van der Waals surface area contributed by atoms with Crippen molar-refractivity contribution in [3.8, 4) is 0 Å². The van der Waals surface area contributed by atoms with Gasteiger partial charge in [-0.25, -0.2) is 0 Å². The van der Waals surface area contributed by atoms with Crippen LogP contribution in [0.15, 0.2) is 0 Å². The Morgan fingerprint density at radius 2 is 1.53 bits per heavy atom. The molecule has 0 saturated carbocycles. The first-order chi connectivity index (χ1) is 7.15. The lowest BCUT2D eigenvalue weighted by molar-refractivity contribution is -0.156. The van der Waals surface area contributed by atoms with E-state index < -0.39 is 0 Å². The molecule has 0 aromatic carbocycles. The van der Waals surface area contributed by atoms with Gasteiger partial charge in [0.15, 0.2) is 6.29 Å². The molecule has 15 heavy (non-hydrogen) atoms. The minimum atomic E-state index is -0.109. The van der Waals surface area contributed by atoms with E-state index in [-0.39, 0.29) is 6.29 Å². The Morgan fingerprint density at radius 3 is 1.87 bits per heavy atom. The van der Waals surface area contributed by atoms with E-state index in [0.29, 0.717) is 25.2 Å². The van der Waals surface area contributed by atoms with Gasteiger partial charge >= 0.3 is 0 Å². The van der Waals surface area contributed by atoms with E-state index in [9.17, 15) is 0 Å². The van der Waals surface area contributed by atoms with Crippen molar-refractivity contribution in [3.05, 3.63) is 0 Å². The monoisotopic (exact) mass is 217 g/mol. The van der Waals surface area contributed by atoms with Crippen molar-refractivity contribution < 1.29 is 9.47 Å². The van der Waals surface area contributed by atoms with E-state index >= 15 is 0 Å². The maximum Gasteiger partial charge on any atom is 0.172 e. The van der Waals surface area contributed by atoms with Gasteiger partial charge in [-0.2, -0.15) is 0 Å². The molecule has 0 aromatic heterocycles. The molecule has 3 heteroatoms. The van der Waals surface area contributed by atoms with Gasteiger partial charge in [-0.1, -0.05) is 20.8 Å². The first-order valence-electron chi connectivity index (χ1n) is 6.12. The zero-order chi connectivity index (χ0) is 11.7. The van der Waals surface area contributed by atoms with Gasteiger partial charge in [0.05, 0.1) is 6.04 Å². The molecule has 0 amide bonds. The van der Waals surface area contributed by atoms with E-state index in [1.54, 1.807) is 0 Å². The van der Waals surface area contributed by atoms with E-state index in [0.717, 1.165) is 13.0 Å². The molecule has 0 aliphatic rings. The molecule has 0 aliphatic carbocycles. The van der Waals surface area contributed by atoms with E-state index in [1.807, 2.05) is 13.8 Å². The fourth-order valence-corrected chi connectivity index (χ4v) is 1.67. The molecule has 0 aromatic rings. The predicted molar refractivity (Wildman–Crippen MR) is 64.0 cm³/mol. The average Bonchev–Trinajstić information content (AvgIpc) is 2.16. The van der Waals surface area contributed by atoms with Gasteiger partial charge in [0.1, 0.15) is 0 Å². The van der Waals surface area contributed by atoms with Crippen LogP contribution < -0.4 is 5.32 Å². The van der Waals surface area contributed by atoms with Crippen molar-refractivity contribution in [1.82, 2.24) is 5.32 Å². The summed E-state index contributed by atoms with van der Waals surface area (Å²) in [5.41, 5.74) is 0. The second kappa shape index (κ2) is 9.13. The quantitative estimate of drug-likeness (QED) is 0.602. The summed E-state index contributed by atoms with van der Waals surface area (Å²) in [6.07, 6.45) is 0.973. The van der Waals surface area contributed by atoms with Crippen LogP contribution >= 0.6 is 0 Å². The topological polar surface area (TPSA) is 30.5 Å². The minimum absolute atomic E-state index is 0.109. The van der Waals surface area contributed by atoms with Crippen LogP contribution in [0.4, 0.5) is 0 Å². The van der Waals surface area contributed by atoms with Crippen molar-refractivity contribution in [3.63, 3.8) is 0 Å². The van der Waals surface area contributed by atoms with Crippen LogP contribution in [0.5, 0.6) is 0 Å². The van der Waals surface area contributed by atoms with Gasteiger partial charge in [-0.05, 0) is 32.7 Å². The highest BCUT2D eigenvalue weighted by atomic mass is 16.7. The van der Waals surface area contributed by atoms with Gasteiger partial charge in [-0.15, -0.1) is 0 Å². The molecule has 0 saturated heterocycles. The minimum Gasteiger partial charge on any atom is -0.351 e. The summed E-state index contributed by atoms with van der Waals surface area (Å²) in [4.78, 5) is 0. The molecule has 0 bridgehead atoms. The van der Waals surface area contributed by atoms with Crippen molar-refractivity contribution in [2.24, 2.45) is 5.92 Å². The van der Waals surface area contributed by atoms with Crippen LogP contribution in [0, 0.1) is 5.92 Å². The van der Waals surface area contributed by atoms with Crippen molar-refractivity contribution in [2.75, 3.05) is 19.8 Å². The van der Waals surface area contributed by atoms with Crippen molar-refractivity contribution in [2.45, 2.75) is 53.4 Å². The zero-order valence-corrected chi connectivity index (χ0v) is 10.9. The Hall–Kier alpha value is -0.120. The lowest BCUT2D eigenvalue weighted by atomic mass is 10.0. The third-order valence-corrected chi connectivity index (χ3v) is 2.18. The highest BCUT2D eigenvalue weighted by Gasteiger charge is 2.22. The third kappa shape index (κ3) is 6.88. The molecule has 0 fully saturated rings. The highest BCUT2D eigenvalue weighted by Crippen LogP contribution is 2.12. The van der Waals surface area contributed by atoms with Gasteiger partial charge < -0.3 is 14.8 Å². The summed E-state index contributed by atoms with van der Waals surface area (Å²) < 4.78 is 11.2. The highest BCUT2D eigenvalue weighted by molar-refractivity contribution is 4.72. The summed E-state index contributed by atoms with van der Waals surface area (Å²) in [6.45, 7) is 12.9.